The SMILES string of the molecule is CCCCOc1ccccc1/C=C/C(=O)Nc1ccc(C(=O)OCC(C)C)cc1. The van der Waals surface area contributed by atoms with E-state index < -0.39 is 0 Å². The Balaban J connectivity index is 1.93. The maximum absolute atomic E-state index is 12.2. The smallest absolute Gasteiger partial charge is 0.338 e. The van der Waals surface area contributed by atoms with Crippen LogP contribution in [0.4, 0.5) is 5.69 Å². The van der Waals surface area contributed by atoms with Gasteiger partial charge in [-0.15, -0.1) is 0 Å². The minimum atomic E-state index is -0.365. The molecule has 5 nitrogen and oxygen atoms in total. The molecule has 154 valence electrons. The first kappa shape index (κ1) is 22.2. The normalized spacial score (nSPS) is 10.9. The molecule has 0 unspecified atom stereocenters. The molecule has 0 heterocycles. The zero-order chi connectivity index (χ0) is 21.1. The third kappa shape index (κ3) is 7.82. The van der Waals surface area contributed by atoms with Gasteiger partial charge < -0.3 is 14.8 Å². The molecule has 0 aromatic heterocycles. The summed E-state index contributed by atoms with van der Waals surface area (Å²) in [6.45, 7) is 7.11. The number of carbonyl (C=O) groups excluding carboxylic acids is 2. The van der Waals surface area contributed by atoms with Crippen molar-refractivity contribution in [1.82, 2.24) is 0 Å². The van der Waals surface area contributed by atoms with Crippen LogP contribution in [0, 0.1) is 5.92 Å². The summed E-state index contributed by atoms with van der Waals surface area (Å²) in [5, 5.41) is 2.78. The zero-order valence-electron chi connectivity index (χ0n) is 17.3. The largest absolute Gasteiger partial charge is 0.493 e. The van der Waals surface area contributed by atoms with Crippen molar-refractivity contribution < 1.29 is 19.1 Å². The van der Waals surface area contributed by atoms with Crippen LogP contribution in [-0.4, -0.2) is 25.1 Å². The molecule has 0 fully saturated rings. The molecule has 0 aliphatic rings. The van der Waals surface area contributed by atoms with E-state index >= 15 is 0 Å². The van der Waals surface area contributed by atoms with E-state index in [-0.39, 0.29) is 17.8 Å². The van der Waals surface area contributed by atoms with E-state index in [9.17, 15) is 9.59 Å². The second kappa shape index (κ2) is 11.7. The lowest BCUT2D eigenvalue weighted by molar-refractivity contribution is -0.111. The Morgan fingerprint density at radius 1 is 1.07 bits per heavy atom. The van der Waals surface area contributed by atoms with Gasteiger partial charge in [0.15, 0.2) is 0 Å². The molecule has 5 heteroatoms. The van der Waals surface area contributed by atoms with Crippen LogP contribution in [0.2, 0.25) is 0 Å². The highest BCUT2D eigenvalue weighted by molar-refractivity contribution is 6.02. The summed E-state index contributed by atoms with van der Waals surface area (Å²) in [7, 11) is 0. The minimum Gasteiger partial charge on any atom is -0.493 e. The first-order chi connectivity index (χ1) is 14.0. The van der Waals surface area contributed by atoms with Crippen molar-refractivity contribution in [1.29, 1.82) is 0 Å². The van der Waals surface area contributed by atoms with Crippen molar-refractivity contribution in [3.05, 3.63) is 65.7 Å². The van der Waals surface area contributed by atoms with E-state index in [1.807, 2.05) is 38.1 Å². The van der Waals surface area contributed by atoms with Gasteiger partial charge >= 0.3 is 5.97 Å². The van der Waals surface area contributed by atoms with Gasteiger partial charge in [0.05, 0.1) is 18.8 Å². The van der Waals surface area contributed by atoms with Gasteiger partial charge in [-0.05, 0) is 48.7 Å². The molecule has 0 bridgehead atoms. The van der Waals surface area contributed by atoms with Crippen molar-refractivity contribution in [3.63, 3.8) is 0 Å². The molecule has 29 heavy (non-hydrogen) atoms. The highest BCUT2D eigenvalue weighted by Gasteiger charge is 2.08. The highest BCUT2D eigenvalue weighted by Crippen LogP contribution is 2.20. The van der Waals surface area contributed by atoms with Crippen molar-refractivity contribution >= 4 is 23.6 Å². The molecule has 1 amide bonds. The molecule has 2 rings (SSSR count). The molecule has 0 saturated carbocycles. The Morgan fingerprint density at radius 2 is 1.79 bits per heavy atom. The number of unbranched alkanes of at least 4 members (excludes halogenated alkanes) is 1. The predicted molar refractivity (Wildman–Crippen MR) is 116 cm³/mol. The molecule has 0 radical (unpaired) electrons. The second-order valence-electron chi connectivity index (χ2n) is 7.13. The van der Waals surface area contributed by atoms with E-state index in [2.05, 4.69) is 12.2 Å². The lowest BCUT2D eigenvalue weighted by Gasteiger charge is -2.09. The van der Waals surface area contributed by atoms with Crippen LogP contribution in [0.1, 0.15) is 49.5 Å². The Kier molecular flexibility index (Phi) is 8.96. The summed E-state index contributed by atoms with van der Waals surface area (Å²) in [4.78, 5) is 24.2. The maximum Gasteiger partial charge on any atom is 0.338 e. The second-order valence-corrected chi connectivity index (χ2v) is 7.13. The molecule has 1 N–H and O–H groups in total. The molecule has 0 spiro atoms. The van der Waals surface area contributed by atoms with Crippen LogP contribution in [0.25, 0.3) is 6.08 Å². The quantitative estimate of drug-likeness (QED) is 0.335. The Bertz CT molecular complexity index is 825. The van der Waals surface area contributed by atoms with Crippen molar-refractivity contribution in [2.45, 2.75) is 33.6 Å². The summed E-state index contributed by atoms with van der Waals surface area (Å²) in [5.41, 5.74) is 1.91. The number of carbonyl (C=O) groups is 2. The van der Waals surface area contributed by atoms with E-state index in [0.29, 0.717) is 24.5 Å². The summed E-state index contributed by atoms with van der Waals surface area (Å²) in [5.74, 6) is 0.417. The molecule has 2 aromatic carbocycles. The number of esters is 1. The Hall–Kier alpha value is -3.08. The van der Waals surface area contributed by atoms with Crippen LogP contribution in [0.3, 0.4) is 0 Å². The monoisotopic (exact) mass is 395 g/mol. The Labute approximate surface area is 172 Å². The number of benzene rings is 2. The molecule has 0 saturated heterocycles. The summed E-state index contributed by atoms with van der Waals surface area (Å²) < 4.78 is 11.0. The number of amides is 1. The van der Waals surface area contributed by atoms with E-state index in [1.54, 1.807) is 30.3 Å². The van der Waals surface area contributed by atoms with Gasteiger partial charge in [0.1, 0.15) is 5.75 Å². The van der Waals surface area contributed by atoms with Crippen molar-refractivity contribution in [2.24, 2.45) is 5.92 Å². The van der Waals surface area contributed by atoms with Gasteiger partial charge in [-0.2, -0.15) is 0 Å². The average Bonchev–Trinajstić information content (AvgIpc) is 2.72. The fourth-order valence-electron chi connectivity index (χ4n) is 2.44. The molecule has 0 aliphatic carbocycles. The summed E-state index contributed by atoms with van der Waals surface area (Å²) >= 11 is 0. The predicted octanol–water partition coefficient (Wildman–Crippen LogP) is 5.33. The lowest BCUT2D eigenvalue weighted by atomic mass is 10.2. The standard InChI is InChI=1S/C24H29NO4/c1-4-5-16-28-22-9-7-6-8-19(22)12-15-23(26)25-21-13-10-20(11-14-21)24(27)29-17-18(2)3/h6-15,18H,4-5,16-17H2,1-3H3,(H,25,26)/b15-12+. The number of para-hydroxylation sites is 1. The van der Waals surface area contributed by atoms with Crippen LogP contribution in [-0.2, 0) is 9.53 Å². The van der Waals surface area contributed by atoms with Gasteiger partial charge in [-0.1, -0.05) is 45.4 Å². The Morgan fingerprint density at radius 3 is 2.48 bits per heavy atom. The number of nitrogens with one attached hydrogen (secondary N) is 1. The first-order valence-electron chi connectivity index (χ1n) is 9.97. The van der Waals surface area contributed by atoms with Crippen molar-refractivity contribution in [2.75, 3.05) is 18.5 Å². The molecular formula is C24H29NO4. The number of hydrogen-bond acceptors (Lipinski definition) is 4. The third-order valence-corrected chi connectivity index (χ3v) is 4.02. The van der Waals surface area contributed by atoms with Crippen molar-refractivity contribution in [3.8, 4) is 5.75 Å². The van der Waals surface area contributed by atoms with E-state index in [4.69, 9.17) is 9.47 Å². The van der Waals surface area contributed by atoms with E-state index in [1.165, 1.54) is 6.08 Å². The number of rotatable bonds is 10. The molecule has 0 atom stereocenters. The minimum absolute atomic E-state index is 0.261. The van der Waals surface area contributed by atoms with Gasteiger partial charge in [0.2, 0.25) is 5.91 Å². The van der Waals surface area contributed by atoms with E-state index in [0.717, 1.165) is 24.2 Å². The molecule has 0 aliphatic heterocycles. The topological polar surface area (TPSA) is 64.6 Å². The van der Waals surface area contributed by atoms with Gasteiger partial charge in [0, 0.05) is 17.3 Å². The highest BCUT2D eigenvalue weighted by atomic mass is 16.5. The third-order valence-electron chi connectivity index (χ3n) is 4.02. The number of hydrogen-bond donors (Lipinski definition) is 1. The maximum atomic E-state index is 12.2. The fourth-order valence-corrected chi connectivity index (χ4v) is 2.44. The van der Waals surface area contributed by atoms with Crippen LogP contribution in [0.5, 0.6) is 5.75 Å². The first-order valence-corrected chi connectivity index (χ1v) is 9.97. The molecule has 2 aromatic rings. The van der Waals surface area contributed by atoms with Crippen LogP contribution >= 0.6 is 0 Å². The van der Waals surface area contributed by atoms with Crippen LogP contribution in [0.15, 0.2) is 54.6 Å². The van der Waals surface area contributed by atoms with Gasteiger partial charge in [-0.3, -0.25) is 4.79 Å². The average molecular weight is 395 g/mol. The van der Waals surface area contributed by atoms with Crippen LogP contribution < -0.4 is 10.1 Å². The number of ether oxygens (including phenoxy) is 2. The molecular weight excluding hydrogens is 366 g/mol. The van der Waals surface area contributed by atoms with Gasteiger partial charge in [0.25, 0.3) is 0 Å². The zero-order valence-corrected chi connectivity index (χ0v) is 17.3. The summed E-state index contributed by atoms with van der Waals surface area (Å²) in [6, 6.07) is 14.2. The number of anilines is 1. The fraction of sp³-hybridized carbons (Fsp3) is 0.333. The van der Waals surface area contributed by atoms with Gasteiger partial charge in [-0.25, -0.2) is 4.79 Å². The lowest BCUT2D eigenvalue weighted by Crippen LogP contribution is -2.11. The summed E-state index contributed by atoms with van der Waals surface area (Å²) in [6.07, 6.45) is 5.25.